The fraction of sp³-hybridized carbons (Fsp3) is 0.455. The molecular formula is C22H25N3O. The number of nitriles is 1. The number of benzene rings is 1. The standard InChI is InChI=1S/C22H25N3O/c1-15-4-5-17(8-16(15)2)13-25-14-20(21(10-23)22(25)6-7-22)18-9-19(26-3)12-24-11-18/h4-5,8-9,11-12,20-21H,6-7,13-14H2,1-3H3/t20-,21+/m0/s1. The Labute approximate surface area is 155 Å². The van der Waals surface area contributed by atoms with E-state index >= 15 is 0 Å². The number of rotatable bonds is 4. The summed E-state index contributed by atoms with van der Waals surface area (Å²) in [5.74, 6) is 0.969. The molecule has 1 aromatic carbocycles. The summed E-state index contributed by atoms with van der Waals surface area (Å²) >= 11 is 0. The lowest BCUT2D eigenvalue weighted by Crippen LogP contribution is -2.34. The minimum atomic E-state index is 0.0166. The summed E-state index contributed by atoms with van der Waals surface area (Å²) in [6.07, 6.45) is 5.85. The molecule has 26 heavy (non-hydrogen) atoms. The molecule has 4 rings (SSSR count). The maximum Gasteiger partial charge on any atom is 0.137 e. The number of methoxy groups -OCH3 is 1. The van der Waals surface area contributed by atoms with Crippen molar-refractivity contribution < 1.29 is 4.74 Å². The van der Waals surface area contributed by atoms with Gasteiger partial charge in [-0.1, -0.05) is 18.2 Å². The molecule has 134 valence electrons. The van der Waals surface area contributed by atoms with Crippen LogP contribution in [-0.2, 0) is 6.54 Å². The van der Waals surface area contributed by atoms with Crippen molar-refractivity contribution in [3.8, 4) is 11.8 Å². The molecule has 1 aromatic heterocycles. The van der Waals surface area contributed by atoms with Gasteiger partial charge in [0.15, 0.2) is 0 Å². The van der Waals surface area contributed by atoms with Crippen LogP contribution in [0.5, 0.6) is 5.75 Å². The second-order valence-corrected chi connectivity index (χ2v) is 7.77. The van der Waals surface area contributed by atoms with Gasteiger partial charge in [-0.05, 0) is 55.0 Å². The van der Waals surface area contributed by atoms with Gasteiger partial charge < -0.3 is 4.74 Å². The van der Waals surface area contributed by atoms with Crippen molar-refractivity contribution in [2.75, 3.05) is 13.7 Å². The van der Waals surface area contributed by atoms with Crippen LogP contribution in [0.3, 0.4) is 0 Å². The predicted molar refractivity (Wildman–Crippen MR) is 101 cm³/mol. The van der Waals surface area contributed by atoms with Crippen LogP contribution < -0.4 is 4.74 Å². The fourth-order valence-corrected chi connectivity index (χ4v) is 4.45. The summed E-state index contributed by atoms with van der Waals surface area (Å²) in [6.45, 7) is 6.13. The van der Waals surface area contributed by atoms with Gasteiger partial charge in [-0.2, -0.15) is 5.26 Å². The molecule has 2 fully saturated rings. The normalized spacial score (nSPS) is 23.8. The number of likely N-dealkylation sites (tertiary alicyclic amines) is 1. The smallest absolute Gasteiger partial charge is 0.137 e. The molecule has 1 saturated carbocycles. The average Bonchev–Trinajstić information content (AvgIpc) is 3.38. The molecule has 1 aliphatic heterocycles. The Kier molecular flexibility index (Phi) is 4.20. The number of pyridine rings is 1. The van der Waals surface area contributed by atoms with Crippen LogP contribution in [0.25, 0.3) is 0 Å². The Bertz CT molecular complexity index is 866. The Balaban J connectivity index is 1.63. The Morgan fingerprint density at radius 3 is 2.69 bits per heavy atom. The van der Waals surface area contributed by atoms with Crippen molar-refractivity contribution in [1.29, 1.82) is 5.26 Å². The van der Waals surface area contributed by atoms with Gasteiger partial charge in [0, 0.05) is 30.7 Å². The Morgan fingerprint density at radius 2 is 2.04 bits per heavy atom. The van der Waals surface area contributed by atoms with Crippen molar-refractivity contribution in [3.05, 3.63) is 58.9 Å². The number of hydrogen-bond acceptors (Lipinski definition) is 4. The number of ether oxygens (including phenoxy) is 1. The van der Waals surface area contributed by atoms with Crippen molar-refractivity contribution in [2.45, 2.75) is 44.7 Å². The minimum Gasteiger partial charge on any atom is -0.495 e. The van der Waals surface area contributed by atoms with Crippen molar-refractivity contribution in [1.82, 2.24) is 9.88 Å². The molecule has 0 amide bonds. The number of hydrogen-bond donors (Lipinski definition) is 0. The summed E-state index contributed by atoms with van der Waals surface area (Å²) in [5, 5.41) is 9.94. The molecule has 0 bridgehead atoms. The van der Waals surface area contributed by atoms with Gasteiger partial charge in [-0.3, -0.25) is 9.88 Å². The highest BCUT2D eigenvalue weighted by Gasteiger charge is 2.61. The molecular weight excluding hydrogens is 322 g/mol. The van der Waals surface area contributed by atoms with E-state index in [1.807, 2.05) is 12.3 Å². The summed E-state index contributed by atoms with van der Waals surface area (Å²) in [7, 11) is 1.66. The first-order valence-corrected chi connectivity index (χ1v) is 9.27. The van der Waals surface area contributed by atoms with Gasteiger partial charge in [0.1, 0.15) is 5.75 Å². The van der Waals surface area contributed by atoms with Crippen LogP contribution in [0, 0.1) is 31.1 Å². The van der Waals surface area contributed by atoms with E-state index in [9.17, 15) is 5.26 Å². The average molecular weight is 347 g/mol. The largest absolute Gasteiger partial charge is 0.495 e. The third-order valence-corrected chi connectivity index (χ3v) is 6.27. The van der Waals surface area contributed by atoms with Crippen LogP contribution in [0.2, 0.25) is 0 Å². The maximum absolute atomic E-state index is 9.94. The lowest BCUT2D eigenvalue weighted by molar-refractivity contribution is 0.211. The van der Waals surface area contributed by atoms with Gasteiger partial charge in [-0.25, -0.2) is 0 Å². The van der Waals surface area contributed by atoms with E-state index in [0.717, 1.165) is 37.2 Å². The third-order valence-electron chi connectivity index (χ3n) is 6.27. The molecule has 4 nitrogen and oxygen atoms in total. The van der Waals surface area contributed by atoms with Crippen molar-refractivity contribution >= 4 is 0 Å². The highest BCUT2D eigenvalue weighted by molar-refractivity contribution is 5.35. The maximum atomic E-state index is 9.94. The summed E-state index contributed by atoms with van der Waals surface area (Å²) in [6, 6.07) is 11.4. The topological polar surface area (TPSA) is 49.1 Å². The van der Waals surface area contributed by atoms with E-state index in [2.05, 4.69) is 48.0 Å². The van der Waals surface area contributed by atoms with Crippen LogP contribution in [-0.4, -0.2) is 29.1 Å². The molecule has 1 saturated heterocycles. The number of aromatic nitrogens is 1. The molecule has 2 aliphatic rings. The van der Waals surface area contributed by atoms with Gasteiger partial charge in [0.2, 0.25) is 0 Å². The fourth-order valence-electron chi connectivity index (χ4n) is 4.45. The van der Waals surface area contributed by atoms with Crippen LogP contribution in [0.15, 0.2) is 36.7 Å². The highest BCUT2D eigenvalue weighted by atomic mass is 16.5. The molecule has 2 heterocycles. The zero-order valence-electron chi connectivity index (χ0n) is 15.7. The third kappa shape index (κ3) is 2.77. The van der Waals surface area contributed by atoms with E-state index in [1.165, 1.54) is 16.7 Å². The van der Waals surface area contributed by atoms with Gasteiger partial charge in [-0.15, -0.1) is 0 Å². The van der Waals surface area contributed by atoms with Gasteiger partial charge in [0.05, 0.1) is 25.3 Å². The summed E-state index contributed by atoms with van der Waals surface area (Å²) < 4.78 is 5.34. The quantitative estimate of drug-likeness (QED) is 0.839. The second kappa shape index (κ2) is 6.41. The predicted octanol–water partition coefficient (Wildman–Crippen LogP) is 3.98. The lowest BCUT2D eigenvalue weighted by atomic mass is 9.85. The summed E-state index contributed by atoms with van der Waals surface area (Å²) in [5.41, 5.74) is 5.15. The van der Waals surface area contributed by atoms with E-state index in [1.54, 1.807) is 13.3 Å². The molecule has 1 aliphatic carbocycles. The first-order valence-electron chi connectivity index (χ1n) is 9.27. The van der Waals surface area contributed by atoms with E-state index in [0.29, 0.717) is 0 Å². The van der Waals surface area contributed by atoms with Crippen molar-refractivity contribution in [3.63, 3.8) is 0 Å². The van der Waals surface area contributed by atoms with E-state index in [4.69, 9.17) is 4.74 Å². The van der Waals surface area contributed by atoms with Crippen LogP contribution in [0.4, 0.5) is 0 Å². The second-order valence-electron chi connectivity index (χ2n) is 7.77. The van der Waals surface area contributed by atoms with E-state index in [-0.39, 0.29) is 17.4 Å². The van der Waals surface area contributed by atoms with Crippen molar-refractivity contribution in [2.24, 2.45) is 5.92 Å². The molecule has 1 spiro atoms. The first-order chi connectivity index (χ1) is 12.6. The zero-order valence-corrected chi connectivity index (χ0v) is 15.7. The van der Waals surface area contributed by atoms with Crippen LogP contribution >= 0.6 is 0 Å². The Hall–Kier alpha value is -2.38. The molecule has 2 aromatic rings. The zero-order chi connectivity index (χ0) is 18.3. The molecule has 0 N–H and O–H groups in total. The van der Waals surface area contributed by atoms with Crippen LogP contribution in [0.1, 0.15) is 41.0 Å². The van der Waals surface area contributed by atoms with Gasteiger partial charge >= 0.3 is 0 Å². The molecule has 0 unspecified atom stereocenters. The molecule has 2 atom stereocenters. The summed E-state index contributed by atoms with van der Waals surface area (Å²) in [4.78, 5) is 6.85. The first kappa shape index (κ1) is 17.1. The van der Waals surface area contributed by atoms with E-state index < -0.39 is 0 Å². The monoisotopic (exact) mass is 347 g/mol. The molecule has 4 heteroatoms. The Morgan fingerprint density at radius 1 is 1.23 bits per heavy atom. The number of aryl methyl sites for hydroxylation is 2. The highest BCUT2D eigenvalue weighted by Crippen LogP contribution is 2.58. The number of nitrogens with zero attached hydrogens (tertiary/aromatic N) is 3. The SMILES string of the molecule is COc1cncc([C@@H]2CN(Cc3ccc(C)c(C)c3)C3(CC3)[C@@H]2C#N)c1. The molecule has 0 radical (unpaired) electrons. The minimum absolute atomic E-state index is 0.0166. The van der Waals surface area contributed by atoms with Gasteiger partial charge in [0.25, 0.3) is 0 Å². The lowest BCUT2D eigenvalue weighted by Gasteiger charge is -2.25.